The van der Waals surface area contributed by atoms with Gasteiger partial charge in [0.2, 0.25) is 0 Å². The van der Waals surface area contributed by atoms with Crippen molar-refractivity contribution in [3.63, 3.8) is 0 Å². The summed E-state index contributed by atoms with van der Waals surface area (Å²) >= 11 is 0. The summed E-state index contributed by atoms with van der Waals surface area (Å²) in [5.74, 6) is 0.271. The average molecular weight is 506 g/mol. The highest BCUT2D eigenvalue weighted by atomic mass is 28.4. The van der Waals surface area contributed by atoms with Crippen molar-refractivity contribution in [1.29, 1.82) is 0 Å². The first-order valence-electron chi connectivity index (χ1n) is 13.7. The number of ketones is 1. The minimum Gasteiger partial charge on any atom is -0.445 e. The van der Waals surface area contributed by atoms with E-state index in [1.54, 1.807) is 0 Å². The van der Waals surface area contributed by atoms with Crippen LogP contribution in [0.1, 0.15) is 104 Å². The number of alkyl carbamates (subject to hydrolysis) is 1. The van der Waals surface area contributed by atoms with Gasteiger partial charge in [0.05, 0.1) is 12.6 Å². The first kappa shape index (κ1) is 31.4. The lowest BCUT2D eigenvalue weighted by Crippen LogP contribution is -2.46. The predicted molar refractivity (Wildman–Crippen MR) is 148 cm³/mol. The summed E-state index contributed by atoms with van der Waals surface area (Å²) < 4.78 is 11.8. The van der Waals surface area contributed by atoms with Gasteiger partial charge in [-0.3, -0.25) is 4.79 Å². The number of unbranched alkanes of at least 4 members (excludes halogenated alkanes) is 7. The highest BCUT2D eigenvalue weighted by Crippen LogP contribution is 2.36. The van der Waals surface area contributed by atoms with Crippen LogP contribution in [0.15, 0.2) is 30.3 Å². The molecule has 0 aliphatic carbocycles. The van der Waals surface area contributed by atoms with Crippen molar-refractivity contribution in [3.8, 4) is 0 Å². The van der Waals surface area contributed by atoms with Gasteiger partial charge in [0.15, 0.2) is 8.32 Å². The van der Waals surface area contributed by atoms with Crippen molar-refractivity contribution >= 4 is 20.2 Å². The van der Waals surface area contributed by atoms with E-state index in [2.05, 4.69) is 46.1 Å². The Balaban J connectivity index is 2.48. The van der Waals surface area contributed by atoms with Crippen LogP contribution in [-0.2, 0) is 20.6 Å². The number of benzene rings is 1. The maximum Gasteiger partial charge on any atom is 0.407 e. The standard InChI is InChI=1S/C29H51NO4Si/c1-7-8-9-10-11-12-13-17-20-27(31)22-21-26(24-34-35(5,6)29(2,3)4)30-28(32)33-23-25-18-15-14-16-19-25/h14-16,18-19,26H,7-13,17,20-24H2,1-6H3,(H,30,32)/t26-/m0/s1. The minimum atomic E-state index is -1.97. The summed E-state index contributed by atoms with van der Waals surface area (Å²) in [4.78, 5) is 25.0. The summed E-state index contributed by atoms with van der Waals surface area (Å²) in [5, 5.41) is 3.03. The van der Waals surface area contributed by atoms with E-state index in [9.17, 15) is 9.59 Å². The fourth-order valence-electron chi connectivity index (χ4n) is 3.57. The molecule has 6 heteroatoms. The molecule has 1 amide bonds. The van der Waals surface area contributed by atoms with Gasteiger partial charge in [-0.2, -0.15) is 0 Å². The number of ether oxygens (including phenoxy) is 1. The molecule has 0 spiro atoms. The van der Waals surface area contributed by atoms with Crippen LogP contribution in [0.5, 0.6) is 0 Å². The molecule has 0 aliphatic rings. The molecule has 35 heavy (non-hydrogen) atoms. The normalized spacial score (nSPS) is 12.9. The van der Waals surface area contributed by atoms with Gasteiger partial charge >= 0.3 is 6.09 Å². The molecule has 1 atom stereocenters. The fraction of sp³-hybridized carbons (Fsp3) is 0.724. The third kappa shape index (κ3) is 14.5. The summed E-state index contributed by atoms with van der Waals surface area (Å²) in [6.45, 7) is 13.9. The first-order valence-corrected chi connectivity index (χ1v) is 16.6. The third-order valence-electron chi connectivity index (χ3n) is 7.07. The number of hydrogen-bond acceptors (Lipinski definition) is 4. The van der Waals surface area contributed by atoms with Crippen LogP contribution in [0.25, 0.3) is 0 Å². The minimum absolute atomic E-state index is 0.0811. The SMILES string of the molecule is CCCCCCCCCCC(=O)CC[C@@H](CO[Si](C)(C)C(C)(C)C)NC(=O)OCc1ccccc1. The highest BCUT2D eigenvalue weighted by Gasteiger charge is 2.37. The molecule has 1 rings (SSSR count). The second-order valence-electron chi connectivity index (χ2n) is 11.3. The Labute approximate surface area is 215 Å². The van der Waals surface area contributed by atoms with E-state index < -0.39 is 14.4 Å². The van der Waals surface area contributed by atoms with Crippen LogP contribution >= 0.6 is 0 Å². The van der Waals surface area contributed by atoms with Gasteiger partial charge in [0.1, 0.15) is 12.4 Å². The lowest BCUT2D eigenvalue weighted by molar-refractivity contribution is -0.119. The van der Waals surface area contributed by atoms with Crippen LogP contribution in [0.2, 0.25) is 18.1 Å². The molecular weight excluding hydrogens is 454 g/mol. The van der Waals surface area contributed by atoms with E-state index in [0.29, 0.717) is 25.9 Å². The van der Waals surface area contributed by atoms with E-state index in [1.807, 2.05) is 30.3 Å². The second-order valence-corrected chi connectivity index (χ2v) is 16.1. The molecule has 1 aromatic rings. The maximum atomic E-state index is 12.5. The molecule has 200 valence electrons. The molecule has 0 aliphatic heterocycles. The van der Waals surface area contributed by atoms with Crippen LogP contribution < -0.4 is 5.32 Å². The number of nitrogens with one attached hydrogen (secondary N) is 1. The van der Waals surface area contributed by atoms with Gasteiger partial charge in [-0.1, -0.05) is 103 Å². The van der Waals surface area contributed by atoms with E-state index >= 15 is 0 Å². The summed E-state index contributed by atoms with van der Waals surface area (Å²) in [6.07, 6.45) is 11.0. The number of rotatable bonds is 18. The molecule has 0 bridgehead atoms. The Morgan fingerprint density at radius 1 is 0.914 bits per heavy atom. The molecule has 0 unspecified atom stereocenters. The molecule has 5 nitrogen and oxygen atoms in total. The van der Waals surface area contributed by atoms with Gasteiger partial charge in [-0.05, 0) is 36.5 Å². The lowest BCUT2D eigenvalue weighted by atomic mass is 10.0. The fourth-order valence-corrected chi connectivity index (χ4v) is 4.62. The Hall–Kier alpha value is -1.66. The van der Waals surface area contributed by atoms with E-state index in [1.165, 1.54) is 38.5 Å². The van der Waals surface area contributed by atoms with Crippen LogP contribution in [0.4, 0.5) is 4.79 Å². The molecule has 0 radical (unpaired) electrons. The van der Waals surface area contributed by atoms with Crippen molar-refractivity contribution in [2.24, 2.45) is 0 Å². The van der Waals surface area contributed by atoms with Gasteiger partial charge in [0, 0.05) is 12.8 Å². The summed E-state index contributed by atoms with van der Waals surface area (Å²) in [6, 6.07) is 9.39. The predicted octanol–water partition coefficient (Wildman–Crippen LogP) is 8.18. The van der Waals surface area contributed by atoms with Crippen molar-refractivity contribution in [2.75, 3.05) is 6.61 Å². The van der Waals surface area contributed by atoms with E-state index in [4.69, 9.17) is 9.16 Å². The molecular formula is C29H51NO4Si. The van der Waals surface area contributed by atoms with E-state index in [0.717, 1.165) is 18.4 Å². The molecule has 0 heterocycles. The first-order chi connectivity index (χ1) is 16.5. The topological polar surface area (TPSA) is 64.6 Å². The van der Waals surface area contributed by atoms with Gasteiger partial charge in [-0.15, -0.1) is 0 Å². The van der Waals surface area contributed by atoms with Crippen LogP contribution in [-0.4, -0.2) is 32.8 Å². The van der Waals surface area contributed by atoms with E-state index in [-0.39, 0.29) is 23.5 Å². The Kier molecular flexibility index (Phi) is 15.2. The van der Waals surface area contributed by atoms with Crippen molar-refractivity contribution in [1.82, 2.24) is 5.32 Å². The summed E-state index contributed by atoms with van der Waals surface area (Å²) in [7, 11) is -1.97. The zero-order chi connectivity index (χ0) is 26.2. The van der Waals surface area contributed by atoms with Crippen molar-refractivity contribution in [2.45, 2.75) is 129 Å². The third-order valence-corrected chi connectivity index (χ3v) is 11.6. The smallest absolute Gasteiger partial charge is 0.407 e. The molecule has 0 fully saturated rings. The van der Waals surface area contributed by atoms with Crippen LogP contribution in [0, 0.1) is 0 Å². The number of amides is 1. The number of carbonyl (C=O) groups excluding carboxylic acids is 2. The van der Waals surface area contributed by atoms with Gasteiger partial charge < -0.3 is 14.5 Å². The molecule has 0 saturated carbocycles. The second kappa shape index (κ2) is 16.9. The monoisotopic (exact) mass is 505 g/mol. The number of hydrogen-bond donors (Lipinski definition) is 1. The highest BCUT2D eigenvalue weighted by molar-refractivity contribution is 6.74. The quantitative estimate of drug-likeness (QED) is 0.161. The summed E-state index contributed by atoms with van der Waals surface area (Å²) in [5.41, 5.74) is 0.942. The van der Waals surface area contributed by atoms with Crippen molar-refractivity contribution < 1.29 is 18.8 Å². The van der Waals surface area contributed by atoms with Crippen molar-refractivity contribution in [3.05, 3.63) is 35.9 Å². The Morgan fingerprint density at radius 2 is 1.51 bits per heavy atom. The molecule has 1 aromatic carbocycles. The van der Waals surface area contributed by atoms with Gasteiger partial charge in [-0.25, -0.2) is 4.79 Å². The lowest BCUT2D eigenvalue weighted by Gasteiger charge is -2.37. The Bertz CT molecular complexity index is 715. The van der Waals surface area contributed by atoms with Gasteiger partial charge in [0.25, 0.3) is 0 Å². The molecule has 1 N–H and O–H groups in total. The Morgan fingerprint density at radius 3 is 2.11 bits per heavy atom. The number of Topliss-reactive ketones (excluding diaryl/α,β-unsaturated/α-hetero) is 1. The largest absolute Gasteiger partial charge is 0.445 e. The molecule has 0 aromatic heterocycles. The maximum absolute atomic E-state index is 12.5. The number of carbonyl (C=O) groups is 2. The zero-order valence-electron chi connectivity index (χ0n) is 23.3. The van der Waals surface area contributed by atoms with Crippen LogP contribution in [0.3, 0.4) is 0 Å². The zero-order valence-corrected chi connectivity index (χ0v) is 24.3. The average Bonchev–Trinajstić information content (AvgIpc) is 2.81. The molecule has 0 saturated heterocycles.